The molecule has 1 saturated heterocycles. The molecule has 1 aromatic carbocycles. The highest BCUT2D eigenvalue weighted by Crippen LogP contribution is 2.25. The third-order valence-corrected chi connectivity index (χ3v) is 3.33. The minimum absolute atomic E-state index is 0.0118. The zero-order chi connectivity index (χ0) is 14.5. The zero-order valence-electron chi connectivity index (χ0n) is 11.9. The fraction of sp³-hybridized carbons (Fsp3) is 0.467. The van der Waals surface area contributed by atoms with Crippen molar-refractivity contribution in [1.82, 2.24) is 5.32 Å². The van der Waals surface area contributed by atoms with E-state index in [1.165, 1.54) is 0 Å². The molecular formula is C15H20N2O3. The summed E-state index contributed by atoms with van der Waals surface area (Å²) in [4.78, 5) is 25.3. The number of nitrogens with one attached hydrogen (secondary N) is 1. The molecule has 0 unspecified atom stereocenters. The van der Waals surface area contributed by atoms with Crippen LogP contribution in [0.5, 0.6) is 5.75 Å². The maximum Gasteiger partial charge on any atom is 0.229 e. The summed E-state index contributed by atoms with van der Waals surface area (Å²) in [6.07, 6.45) is 1.67. The van der Waals surface area contributed by atoms with Gasteiger partial charge >= 0.3 is 0 Å². The van der Waals surface area contributed by atoms with Crippen molar-refractivity contribution in [2.45, 2.75) is 32.2 Å². The lowest BCUT2D eigenvalue weighted by Gasteiger charge is -2.18. The number of hydrogen-bond donors (Lipinski definition) is 1. The Bertz CT molecular complexity index is 502. The Kier molecular flexibility index (Phi) is 4.61. The Hall–Kier alpha value is -2.04. The minimum Gasteiger partial charge on any atom is -0.497 e. The Balaban J connectivity index is 2.03. The Morgan fingerprint density at radius 1 is 1.50 bits per heavy atom. The average Bonchev–Trinajstić information content (AvgIpc) is 2.79. The van der Waals surface area contributed by atoms with Gasteiger partial charge in [0.1, 0.15) is 5.75 Å². The number of nitrogens with zero attached hydrogens (tertiary/aromatic N) is 1. The van der Waals surface area contributed by atoms with Gasteiger partial charge in [-0.3, -0.25) is 9.59 Å². The molecule has 0 aromatic heterocycles. The summed E-state index contributed by atoms with van der Waals surface area (Å²) in [5.74, 6) is 0.756. The first-order valence-corrected chi connectivity index (χ1v) is 6.87. The molecule has 5 heteroatoms. The van der Waals surface area contributed by atoms with Gasteiger partial charge in [0.15, 0.2) is 0 Å². The summed E-state index contributed by atoms with van der Waals surface area (Å²) in [7, 11) is 1.60. The molecule has 1 fully saturated rings. The van der Waals surface area contributed by atoms with Crippen LogP contribution in [0.1, 0.15) is 26.2 Å². The number of ether oxygens (including phenoxy) is 1. The van der Waals surface area contributed by atoms with E-state index in [4.69, 9.17) is 4.74 Å². The van der Waals surface area contributed by atoms with Crippen molar-refractivity contribution in [1.29, 1.82) is 0 Å². The molecule has 5 nitrogen and oxygen atoms in total. The van der Waals surface area contributed by atoms with Crippen molar-refractivity contribution < 1.29 is 14.3 Å². The van der Waals surface area contributed by atoms with Crippen LogP contribution in [0.3, 0.4) is 0 Å². The normalized spacial score (nSPS) is 18.2. The Morgan fingerprint density at radius 3 is 3.00 bits per heavy atom. The van der Waals surface area contributed by atoms with Gasteiger partial charge in [-0.15, -0.1) is 0 Å². The van der Waals surface area contributed by atoms with Crippen LogP contribution in [0.4, 0.5) is 5.69 Å². The van der Waals surface area contributed by atoms with Crippen molar-refractivity contribution in [2.75, 3.05) is 18.6 Å². The summed E-state index contributed by atoms with van der Waals surface area (Å²) in [6.45, 7) is 2.48. The second kappa shape index (κ2) is 6.41. The van der Waals surface area contributed by atoms with Crippen molar-refractivity contribution in [3.63, 3.8) is 0 Å². The number of rotatable bonds is 5. The molecule has 2 amide bonds. The van der Waals surface area contributed by atoms with Crippen molar-refractivity contribution >= 4 is 17.5 Å². The summed E-state index contributed by atoms with van der Waals surface area (Å²) in [5.41, 5.74) is 0.807. The Morgan fingerprint density at radius 2 is 2.30 bits per heavy atom. The lowest BCUT2D eigenvalue weighted by Crippen LogP contribution is -2.36. The molecule has 1 atom stereocenters. The first-order valence-electron chi connectivity index (χ1n) is 6.87. The van der Waals surface area contributed by atoms with Crippen LogP contribution in [0.15, 0.2) is 24.3 Å². The molecule has 0 bridgehead atoms. The van der Waals surface area contributed by atoms with Crippen LogP contribution in [0, 0.1) is 0 Å². The predicted molar refractivity (Wildman–Crippen MR) is 76.8 cm³/mol. The smallest absolute Gasteiger partial charge is 0.229 e. The number of amides is 2. The molecule has 0 saturated carbocycles. The van der Waals surface area contributed by atoms with Crippen LogP contribution in [0.25, 0.3) is 0 Å². The second-order valence-electron chi connectivity index (χ2n) is 4.92. The van der Waals surface area contributed by atoms with Gasteiger partial charge in [0.25, 0.3) is 0 Å². The van der Waals surface area contributed by atoms with Crippen LogP contribution in [-0.4, -0.2) is 31.5 Å². The van der Waals surface area contributed by atoms with Crippen LogP contribution >= 0.6 is 0 Å². The first-order chi connectivity index (χ1) is 9.63. The predicted octanol–water partition coefficient (Wildman–Crippen LogP) is 1.72. The van der Waals surface area contributed by atoms with Crippen molar-refractivity contribution in [3.05, 3.63) is 24.3 Å². The van der Waals surface area contributed by atoms with Crippen molar-refractivity contribution in [3.8, 4) is 5.75 Å². The molecule has 1 N–H and O–H groups in total. The van der Waals surface area contributed by atoms with E-state index in [2.05, 4.69) is 5.32 Å². The summed E-state index contributed by atoms with van der Waals surface area (Å²) in [6, 6.07) is 7.28. The maximum atomic E-state index is 12.1. The number of methoxy groups -OCH3 is 1. The van der Waals surface area contributed by atoms with E-state index in [-0.39, 0.29) is 17.9 Å². The number of anilines is 1. The SMILES string of the molecule is CCCC(=O)N[C@@H]1CC(=O)N(c2cccc(OC)c2)C1. The molecule has 1 aliphatic rings. The van der Waals surface area contributed by atoms with Crippen LogP contribution in [0.2, 0.25) is 0 Å². The average molecular weight is 276 g/mol. The van der Waals surface area contributed by atoms with E-state index >= 15 is 0 Å². The maximum absolute atomic E-state index is 12.1. The van der Waals surface area contributed by atoms with E-state index in [0.717, 1.165) is 12.1 Å². The topological polar surface area (TPSA) is 58.6 Å². The fourth-order valence-corrected chi connectivity index (χ4v) is 2.36. The number of benzene rings is 1. The molecule has 1 aliphatic heterocycles. The molecule has 1 heterocycles. The summed E-state index contributed by atoms with van der Waals surface area (Å²) in [5, 5.41) is 2.91. The zero-order valence-corrected chi connectivity index (χ0v) is 11.9. The van der Waals surface area contributed by atoms with Gasteiger partial charge in [0.2, 0.25) is 11.8 Å². The lowest BCUT2D eigenvalue weighted by molar-refractivity contribution is -0.121. The van der Waals surface area contributed by atoms with E-state index in [1.807, 2.05) is 31.2 Å². The summed E-state index contributed by atoms with van der Waals surface area (Å²) < 4.78 is 5.17. The van der Waals surface area contributed by atoms with Crippen LogP contribution in [-0.2, 0) is 9.59 Å². The van der Waals surface area contributed by atoms with Gasteiger partial charge < -0.3 is 15.0 Å². The minimum atomic E-state index is -0.104. The molecule has 0 radical (unpaired) electrons. The molecule has 0 aliphatic carbocycles. The van der Waals surface area contributed by atoms with E-state index < -0.39 is 0 Å². The third-order valence-electron chi connectivity index (χ3n) is 3.33. The number of carbonyl (C=O) groups excluding carboxylic acids is 2. The Labute approximate surface area is 118 Å². The second-order valence-corrected chi connectivity index (χ2v) is 4.92. The van der Waals surface area contributed by atoms with Gasteiger partial charge in [-0.2, -0.15) is 0 Å². The van der Waals surface area contributed by atoms with Gasteiger partial charge in [-0.1, -0.05) is 13.0 Å². The molecule has 20 heavy (non-hydrogen) atoms. The highest BCUT2D eigenvalue weighted by Gasteiger charge is 2.31. The number of hydrogen-bond acceptors (Lipinski definition) is 3. The van der Waals surface area contributed by atoms with E-state index in [1.54, 1.807) is 12.0 Å². The van der Waals surface area contributed by atoms with Gasteiger partial charge in [0.05, 0.1) is 13.2 Å². The van der Waals surface area contributed by atoms with E-state index in [0.29, 0.717) is 25.1 Å². The quantitative estimate of drug-likeness (QED) is 0.890. The fourth-order valence-electron chi connectivity index (χ4n) is 2.36. The highest BCUT2D eigenvalue weighted by atomic mass is 16.5. The van der Waals surface area contributed by atoms with Gasteiger partial charge in [0, 0.05) is 31.1 Å². The largest absolute Gasteiger partial charge is 0.497 e. The molecular weight excluding hydrogens is 256 g/mol. The van der Waals surface area contributed by atoms with Crippen molar-refractivity contribution in [2.24, 2.45) is 0 Å². The first kappa shape index (κ1) is 14.4. The lowest BCUT2D eigenvalue weighted by atomic mass is 10.2. The molecule has 2 rings (SSSR count). The van der Waals surface area contributed by atoms with Gasteiger partial charge in [-0.05, 0) is 18.6 Å². The van der Waals surface area contributed by atoms with Crippen LogP contribution < -0.4 is 15.0 Å². The molecule has 108 valence electrons. The third kappa shape index (κ3) is 3.29. The van der Waals surface area contributed by atoms with E-state index in [9.17, 15) is 9.59 Å². The number of carbonyl (C=O) groups is 2. The molecule has 1 aromatic rings. The summed E-state index contributed by atoms with van der Waals surface area (Å²) >= 11 is 0. The highest BCUT2D eigenvalue weighted by molar-refractivity contribution is 5.97. The standard InChI is InChI=1S/C15H20N2O3/c1-3-5-14(18)16-11-8-15(19)17(10-11)12-6-4-7-13(9-12)20-2/h4,6-7,9,11H,3,5,8,10H2,1-2H3,(H,16,18)/t11-/m1/s1. The monoisotopic (exact) mass is 276 g/mol. The molecule has 0 spiro atoms. The van der Waals surface area contributed by atoms with Gasteiger partial charge in [-0.25, -0.2) is 0 Å².